The van der Waals surface area contributed by atoms with E-state index in [1.54, 1.807) is 0 Å². The van der Waals surface area contributed by atoms with Gasteiger partial charge in [0.25, 0.3) is 0 Å². The zero-order chi connectivity index (χ0) is 14.9. The molecular weight excluding hydrogens is 406 g/mol. The van der Waals surface area contributed by atoms with Crippen molar-refractivity contribution in [2.24, 2.45) is 0 Å². The quantitative estimate of drug-likeness (QED) is 0.320. The molecule has 2 aromatic carbocycles. The summed E-state index contributed by atoms with van der Waals surface area (Å²) in [7, 11) is 0. The maximum Gasteiger partial charge on any atom is 0.170 e. The lowest BCUT2D eigenvalue weighted by molar-refractivity contribution is 0.0993. The standard InChI is InChI=1S/C14H7BrCl4O/c15-8-3-1-2-7(4-8)5-11(20)12-9(16)6-10(17)13(18)14(12)19/h1-4,6H,5H2. The number of rotatable bonds is 3. The second kappa shape index (κ2) is 6.67. The number of hydrogen-bond donors (Lipinski definition) is 0. The first-order chi connectivity index (χ1) is 9.40. The van der Waals surface area contributed by atoms with Gasteiger partial charge in [-0.15, -0.1) is 0 Å². The van der Waals surface area contributed by atoms with Gasteiger partial charge in [-0.2, -0.15) is 0 Å². The molecule has 0 saturated carbocycles. The summed E-state index contributed by atoms with van der Waals surface area (Å²) in [5.74, 6) is -0.211. The largest absolute Gasteiger partial charge is 0.294 e. The minimum Gasteiger partial charge on any atom is -0.294 e. The van der Waals surface area contributed by atoms with Crippen LogP contribution in [-0.4, -0.2) is 5.78 Å². The lowest BCUT2D eigenvalue weighted by Gasteiger charge is -2.09. The third-order valence-corrected chi connectivity index (χ3v) is 4.70. The first-order valence-electron chi connectivity index (χ1n) is 5.50. The Morgan fingerprint density at radius 2 is 1.70 bits per heavy atom. The van der Waals surface area contributed by atoms with Crippen molar-refractivity contribution < 1.29 is 4.79 Å². The zero-order valence-corrected chi connectivity index (χ0v) is 14.5. The lowest BCUT2D eigenvalue weighted by atomic mass is 10.0. The fourth-order valence-corrected chi connectivity index (χ4v) is 3.31. The Balaban J connectivity index is 2.37. The summed E-state index contributed by atoms with van der Waals surface area (Å²) < 4.78 is 0.897. The molecule has 0 aliphatic carbocycles. The molecule has 2 rings (SSSR count). The van der Waals surface area contributed by atoms with Crippen LogP contribution in [0.15, 0.2) is 34.8 Å². The number of hydrogen-bond acceptors (Lipinski definition) is 1. The van der Waals surface area contributed by atoms with E-state index in [1.807, 2.05) is 24.3 Å². The monoisotopic (exact) mass is 410 g/mol. The molecule has 6 heteroatoms. The van der Waals surface area contributed by atoms with Crippen LogP contribution in [0.1, 0.15) is 15.9 Å². The molecule has 1 nitrogen and oxygen atoms in total. The minimum absolute atomic E-state index is 0.0872. The second-order valence-corrected chi connectivity index (χ2v) is 6.56. The van der Waals surface area contributed by atoms with E-state index in [4.69, 9.17) is 46.4 Å². The normalized spacial score (nSPS) is 10.7. The van der Waals surface area contributed by atoms with Gasteiger partial charge < -0.3 is 0 Å². The van der Waals surface area contributed by atoms with E-state index in [0.717, 1.165) is 10.0 Å². The number of carbonyl (C=O) groups excluding carboxylic acids is 1. The molecule has 0 saturated heterocycles. The van der Waals surface area contributed by atoms with Crippen LogP contribution in [0, 0.1) is 0 Å². The highest BCUT2D eigenvalue weighted by atomic mass is 79.9. The SMILES string of the molecule is O=C(Cc1cccc(Br)c1)c1c(Cl)cc(Cl)c(Cl)c1Cl. The van der Waals surface area contributed by atoms with Gasteiger partial charge in [-0.3, -0.25) is 4.79 Å². The molecule has 0 N–H and O–H groups in total. The Morgan fingerprint density at radius 1 is 1.00 bits per heavy atom. The summed E-state index contributed by atoms with van der Waals surface area (Å²) in [5, 5.41) is 0.643. The molecule has 0 atom stereocenters. The molecule has 0 fully saturated rings. The van der Waals surface area contributed by atoms with Gasteiger partial charge in [-0.25, -0.2) is 0 Å². The van der Waals surface area contributed by atoms with Crippen molar-refractivity contribution in [3.63, 3.8) is 0 Å². The van der Waals surface area contributed by atoms with Crippen LogP contribution in [0.2, 0.25) is 20.1 Å². The Morgan fingerprint density at radius 3 is 2.35 bits per heavy atom. The first kappa shape index (κ1) is 16.1. The predicted octanol–water partition coefficient (Wildman–Crippen LogP) is 6.49. The molecule has 20 heavy (non-hydrogen) atoms. The van der Waals surface area contributed by atoms with Crippen LogP contribution in [0.3, 0.4) is 0 Å². The van der Waals surface area contributed by atoms with E-state index in [1.165, 1.54) is 6.07 Å². The van der Waals surface area contributed by atoms with E-state index in [2.05, 4.69) is 15.9 Å². The number of ketones is 1. The van der Waals surface area contributed by atoms with Crippen LogP contribution < -0.4 is 0 Å². The van der Waals surface area contributed by atoms with Crippen LogP contribution >= 0.6 is 62.3 Å². The predicted molar refractivity (Wildman–Crippen MR) is 88.7 cm³/mol. The maximum atomic E-state index is 12.3. The van der Waals surface area contributed by atoms with Gasteiger partial charge in [0.05, 0.1) is 25.7 Å². The summed E-state index contributed by atoms with van der Waals surface area (Å²) in [6.07, 6.45) is 0.177. The van der Waals surface area contributed by atoms with E-state index < -0.39 is 0 Å². The van der Waals surface area contributed by atoms with E-state index in [9.17, 15) is 4.79 Å². The average molecular weight is 413 g/mol. The second-order valence-electron chi connectivity index (χ2n) is 4.07. The molecule has 0 amide bonds. The lowest BCUT2D eigenvalue weighted by Crippen LogP contribution is -2.06. The van der Waals surface area contributed by atoms with E-state index in [0.29, 0.717) is 0 Å². The summed E-state index contributed by atoms with van der Waals surface area (Å²) in [4.78, 5) is 12.3. The first-order valence-corrected chi connectivity index (χ1v) is 7.81. The molecular formula is C14H7BrCl4O. The maximum absolute atomic E-state index is 12.3. The van der Waals surface area contributed by atoms with Gasteiger partial charge in [-0.05, 0) is 23.8 Å². The van der Waals surface area contributed by atoms with Crippen LogP contribution in [0.25, 0.3) is 0 Å². The van der Waals surface area contributed by atoms with Gasteiger partial charge in [0, 0.05) is 10.9 Å². The van der Waals surface area contributed by atoms with Crippen LogP contribution in [0.4, 0.5) is 0 Å². The third-order valence-electron chi connectivity index (χ3n) is 2.65. The van der Waals surface area contributed by atoms with Crippen molar-refractivity contribution in [3.8, 4) is 0 Å². The summed E-state index contributed by atoms with van der Waals surface area (Å²) in [5.41, 5.74) is 1.05. The number of Topliss-reactive ketones (excluding diaryl/α,β-unsaturated/α-hetero) is 1. The smallest absolute Gasteiger partial charge is 0.170 e. The number of halogens is 5. The van der Waals surface area contributed by atoms with Crippen molar-refractivity contribution in [1.82, 2.24) is 0 Å². The molecule has 0 unspecified atom stereocenters. The molecule has 2 aromatic rings. The van der Waals surface area contributed by atoms with Crippen molar-refractivity contribution >= 4 is 68.1 Å². The molecule has 0 bridgehead atoms. The molecule has 0 aliphatic heterocycles. The summed E-state index contributed by atoms with van der Waals surface area (Å²) >= 11 is 27.3. The summed E-state index contributed by atoms with van der Waals surface area (Å²) in [6.45, 7) is 0. The highest BCUT2D eigenvalue weighted by Gasteiger charge is 2.20. The highest BCUT2D eigenvalue weighted by Crippen LogP contribution is 2.38. The van der Waals surface area contributed by atoms with E-state index in [-0.39, 0.29) is 37.9 Å². The molecule has 0 spiro atoms. The van der Waals surface area contributed by atoms with E-state index >= 15 is 0 Å². The summed E-state index contributed by atoms with van der Waals surface area (Å²) in [6, 6.07) is 8.86. The number of carbonyl (C=O) groups is 1. The molecule has 0 radical (unpaired) electrons. The highest BCUT2D eigenvalue weighted by molar-refractivity contribution is 9.10. The van der Waals surface area contributed by atoms with Crippen molar-refractivity contribution in [3.05, 3.63) is 66.0 Å². The van der Waals surface area contributed by atoms with Gasteiger partial charge in [-0.1, -0.05) is 74.5 Å². The van der Waals surface area contributed by atoms with Gasteiger partial charge in [0.15, 0.2) is 5.78 Å². The zero-order valence-electron chi connectivity index (χ0n) is 9.89. The number of benzene rings is 2. The molecule has 104 valence electrons. The van der Waals surface area contributed by atoms with Gasteiger partial charge >= 0.3 is 0 Å². The average Bonchev–Trinajstić information content (AvgIpc) is 2.36. The molecule has 0 aromatic heterocycles. The Labute approximate surface area is 144 Å². The Hall–Kier alpha value is -0.250. The van der Waals surface area contributed by atoms with Crippen molar-refractivity contribution in [1.29, 1.82) is 0 Å². The van der Waals surface area contributed by atoms with Gasteiger partial charge in [0.2, 0.25) is 0 Å². The van der Waals surface area contributed by atoms with Crippen molar-refractivity contribution in [2.75, 3.05) is 0 Å². The Kier molecular flexibility index (Phi) is 5.38. The van der Waals surface area contributed by atoms with Gasteiger partial charge in [0.1, 0.15) is 0 Å². The topological polar surface area (TPSA) is 17.1 Å². The fourth-order valence-electron chi connectivity index (χ4n) is 1.74. The van der Waals surface area contributed by atoms with Crippen molar-refractivity contribution in [2.45, 2.75) is 6.42 Å². The molecule has 0 aliphatic rings. The third kappa shape index (κ3) is 3.49. The Bertz CT molecular complexity index is 685. The van der Waals surface area contributed by atoms with Crippen LogP contribution in [-0.2, 0) is 6.42 Å². The molecule has 0 heterocycles. The fraction of sp³-hybridized carbons (Fsp3) is 0.0714. The van der Waals surface area contributed by atoms with Crippen LogP contribution in [0.5, 0.6) is 0 Å². The minimum atomic E-state index is -0.211.